The van der Waals surface area contributed by atoms with Gasteiger partial charge < -0.3 is 26.0 Å². The fourth-order valence-corrected chi connectivity index (χ4v) is 3.91. The highest BCUT2D eigenvalue weighted by molar-refractivity contribution is 6.07. The molecule has 3 heterocycles. The van der Waals surface area contributed by atoms with E-state index in [2.05, 4.69) is 37.7 Å². The highest BCUT2D eigenvalue weighted by atomic mass is 16.5. The van der Waals surface area contributed by atoms with Crippen molar-refractivity contribution in [3.05, 3.63) is 102 Å². The number of nitrogens with two attached hydrogens (primary N) is 1. The van der Waals surface area contributed by atoms with Crippen LogP contribution in [-0.4, -0.2) is 34.5 Å². The number of nitrogen functional groups attached to an aromatic ring is 1. The summed E-state index contributed by atoms with van der Waals surface area (Å²) in [4.78, 5) is 28.0. The summed E-state index contributed by atoms with van der Waals surface area (Å²) in [6, 6.07) is 19.4. The van der Waals surface area contributed by atoms with E-state index in [0.717, 1.165) is 11.3 Å². The molecule has 0 atom stereocenters. The van der Waals surface area contributed by atoms with Crippen LogP contribution in [0.4, 0.5) is 17.2 Å². The lowest BCUT2D eigenvalue weighted by Crippen LogP contribution is -2.26. The fourth-order valence-electron chi connectivity index (χ4n) is 3.91. The minimum Gasteiger partial charge on any atom is -0.458 e. The minimum absolute atomic E-state index is 0.0271. The number of nitrogens with zero attached hydrogens (tertiary/aromatic N) is 4. The number of rotatable bonds is 3. The van der Waals surface area contributed by atoms with E-state index in [1.807, 2.05) is 66.7 Å². The van der Waals surface area contributed by atoms with Crippen LogP contribution in [0, 0.1) is 0 Å². The first-order valence-corrected chi connectivity index (χ1v) is 11.4. The van der Waals surface area contributed by atoms with Gasteiger partial charge in [0.2, 0.25) is 0 Å². The van der Waals surface area contributed by atoms with Gasteiger partial charge in [0.05, 0.1) is 36.0 Å². The van der Waals surface area contributed by atoms with E-state index >= 15 is 0 Å². The lowest BCUT2D eigenvalue weighted by atomic mass is 10.1. The second kappa shape index (κ2) is 10.1. The first kappa shape index (κ1) is 22.9. The maximum atomic E-state index is 13.1. The Morgan fingerprint density at radius 3 is 2.78 bits per heavy atom. The molecule has 36 heavy (non-hydrogen) atoms. The molecule has 9 nitrogen and oxygen atoms in total. The van der Waals surface area contributed by atoms with E-state index in [-0.39, 0.29) is 11.5 Å². The number of para-hydroxylation sites is 1. The number of ether oxygens (including phenoxy) is 1. The van der Waals surface area contributed by atoms with Gasteiger partial charge in [0.25, 0.3) is 5.91 Å². The van der Waals surface area contributed by atoms with Crippen molar-refractivity contribution in [2.24, 2.45) is 0 Å². The number of hydrogen-bond acceptors (Lipinski definition) is 8. The number of amides is 1. The molecule has 0 spiro atoms. The topological polar surface area (TPSA) is 118 Å². The zero-order valence-electron chi connectivity index (χ0n) is 19.7. The Bertz CT molecular complexity index is 1420. The molecule has 9 heteroatoms. The Hall–Kier alpha value is -4.92. The molecule has 0 saturated carbocycles. The van der Waals surface area contributed by atoms with Crippen molar-refractivity contribution in [3.63, 3.8) is 0 Å². The smallest absolute Gasteiger partial charge is 0.278 e. The molecular weight excluding hydrogens is 454 g/mol. The Kier molecular flexibility index (Phi) is 6.44. The van der Waals surface area contributed by atoms with E-state index in [1.54, 1.807) is 12.4 Å². The number of pyridine rings is 1. The molecule has 0 saturated heterocycles. The van der Waals surface area contributed by atoms with E-state index < -0.39 is 5.91 Å². The van der Waals surface area contributed by atoms with Crippen LogP contribution in [0.15, 0.2) is 91.2 Å². The number of benzene rings is 2. The first-order chi connectivity index (χ1) is 17.6. The van der Waals surface area contributed by atoms with Crippen LogP contribution >= 0.6 is 0 Å². The summed E-state index contributed by atoms with van der Waals surface area (Å²) < 4.78 is 6.42. The van der Waals surface area contributed by atoms with Crippen molar-refractivity contribution in [2.45, 2.75) is 6.54 Å². The third-order valence-corrected chi connectivity index (χ3v) is 5.68. The average molecular weight is 480 g/mol. The SMILES string of the molecule is CN1CC(=CNCc2ccccc2)Oc2ccccc2-c2cnc(N)c(n2)C(=O)Nc2cnccc21. The number of carbonyl (C=O) groups is 1. The van der Waals surface area contributed by atoms with Crippen LogP contribution in [0.5, 0.6) is 5.75 Å². The molecule has 1 aliphatic heterocycles. The Balaban J connectivity index is 1.58. The summed E-state index contributed by atoms with van der Waals surface area (Å²) >= 11 is 0. The summed E-state index contributed by atoms with van der Waals surface area (Å²) in [6.45, 7) is 1.05. The molecule has 5 rings (SSSR count). The van der Waals surface area contributed by atoms with Crippen LogP contribution in [0.2, 0.25) is 0 Å². The largest absolute Gasteiger partial charge is 0.458 e. The Morgan fingerprint density at radius 1 is 1.11 bits per heavy atom. The lowest BCUT2D eigenvalue weighted by Gasteiger charge is -2.24. The van der Waals surface area contributed by atoms with Gasteiger partial charge in [0.15, 0.2) is 11.5 Å². The van der Waals surface area contributed by atoms with E-state index in [1.165, 1.54) is 6.20 Å². The third-order valence-electron chi connectivity index (χ3n) is 5.68. The second-order valence-corrected chi connectivity index (χ2v) is 8.27. The quantitative estimate of drug-likeness (QED) is 0.406. The summed E-state index contributed by atoms with van der Waals surface area (Å²) in [7, 11) is 1.92. The Morgan fingerprint density at radius 2 is 1.92 bits per heavy atom. The van der Waals surface area contributed by atoms with Crippen LogP contribution in [0.25, 0.3) is 11.3 Å². The van der Waals surface area contributed by atoms with Gasteiger partial charge in [-0.3, -0.25) is 9.78 Å². The van der Waals surface area contributed by atoms with Gasteiger partial charge >= 0.3 is 0 Å². The van der Waals surface area contributed by atoms with Crippen molar-refractivity contribution in [1.29, 1.82) is 0 Å². The van der Waals surface area contributed by atoms with Gasteiger partial charge in [-0.25, -0.2) is 9.97 Å². The summed E-state index contributed by atoms with van der Waals surface area (Å²) in [5, 5.41) is 6.23. The number of likely N-dealkylation sites (N-methyl/N-ethyl adjacent to an activating group) is 1. The average Bonchev–Trinajstić information content (AvgIpc) is 2.90. The Labute approximate surface area is 208 Å². The van der Waals surface area contributed by atoms with Gasteiger partial charge in [0.1, 0.15) is 11.5 Å². The minimum atomic E-state index is -0.470. The molecule has 4 aromatic rings. The monoisotopic (exact) mass is 479 g/mol. The molecule has 2 aromatic heterocycles. The van der Waals surface area contributed by atoms with E-state index in [0.29, 0.717) is 41.5 Å². The van der Waals surface area contributed by atoms with Crippen molar-refractivity contribution in [3.8, 4) is 17.0 Å². The molecule has 0 aliphatic carbocycles. The number of hydrogen-bond donors (Lipinski definition) is 3. The fraction of sp³-hybridized carbons (Fsp3) is 0.111. The predicted molar refractivity (Wildman–Crippen MR) is 139 cm³/mol. The number of nitrogens with one attached hydrogen (secondary N) is 2. The number of fused-ring (bicyclic) bond motifs is 5. The predicted octanol–water partition coefficient (Wildman–Crippen LogP) is 3.83. The maximum absolute atomic E-state index is 13.1. The van der Waals surface area contributed by atoms with Crippen LogP contribution in [0.1, 0.15) is 16.1 Å². The molecule has 0 fully saturated rings. The van der Waals surface area contributed by atoms with E-state index in [9.17, 15) is 4.79 Å². The molecule has 0 unspecified atom stereocenters. The van der Waals surface area contributed by atoms with Gasteiger partial charge in [-0.05, 0) is 23.8 Å². The van der Waals surface area contributed by atoms with Crippen molar-refractivity contribution in [1.82, 2.24) is 20.3 Å². The molecule has 4 N–H and O–H groups in total. The highest BCUT2D eigenvalue weighted by Crippen LogP contribution is 2.32. The second-order valence-electron chi connectivity index (χ2n) is 8.27. The number of carbonyl (C=O) groups excluding carboxylic acids is 1. The standard InChI is InChI=1S/C27H25N7O2/c1-34-17-19(14-30-13-18-7-3-2-4-8-18)36-24-10-6-5-9-20(24)21-16-31-26(28)25(32-21)27(35)33-22-15-29-12-11-23(22)34/h2-12,14-16,30H,13,17H2,1H3,(H2,28,31)(H,33,35). The number of anilines is 3. The van der Waals surface area contributed by atoms with Crippen molar-refractivity contribution >= 4 is 23.1 Å². The highest BCUT2D eigenvalue weighted by Gasteiger charge is 2.21. The molecular formula is C27H25N7O2. The van der Waals surface area contributed by atoms with Crippen molar-refractivity contribution in [2.75, 3.05) is 29.5 Å². The summed E-state index contributed by atoms with van der Waals surface area (Å²) in [6.07, 6.45) is 6.65. The van der Waals surface area contributed by atoms with Crippen LogP contribution in [0.3, 0.4) is 0 Å². The van der Waals surface area contributed by atoms with Crippen molar-refractivity contribution < 1.29 is 9.53 Å². The van der Waals surface area contributed by atoms with Gasteiger partial charge in [-0.15, -0.1) is 0 Å². The third kappa shape index (κ3) is 4.95. The zero-order valence-corrected chi connectivity index (χ0v) is 19.7. The summed E-state index contributed by atoms with van der Waals surface area (Å²) in [5.74, 6) is 0.813. The van der Waals surface area contributed by atoms with Crippen LogP contribution in [-0.2, 0) is 6.54 Å². The summed E-state index contributed by atoms with van der Waals surface area (Å²) in [5.41, 5.74) is 9.63. The lowest BCUT2D eigenvalue weighted by molar-refractivity contribution is 0.102. The molecule has 0 radical (unpaired) electrons. The molecule has 2 aromatic carbocycles. The van der Waals surface area contributed by atoms with E-state index in [4.69, 9.17) is 10.5 Å². The van der Waals surface area contributed by atoms with Gasteiger partial charge in [-0.1, -0.05) is 42.5 Å². The van der Waals surface area contributed by atoms with Gasteiger partial charge in [0, 0.05) is 31.6 Å². The van der Waals surface area contributed by atoms with Gasteiger partial charge in [-0.2, -0.15) is 0 Å². The number of aromatic nitrogens is 3. The molecule has 1 aliphatic rings. The molecule has 2 bridgehead atoms. The van der Waals surface area contributed by atoms with Crippen LogP contribution < -0.4 is 26.0 Å². The molecule has 1 amide bonds. The molecule has 180 valence electrons. The zero-order chi connectivity index (χ0) is 24.9. The normalized spacial score (nSPS) is 14.3. The first-order valence-electron chi connectivity index (χ1n) is 11.4. The maximum Gasteiger partial charge on any atom is 0.278 e.